The summed E-state index contributed by atoms with van der Waals surface area (Å²) in [5.74, 6) is -0.875. The van der Waals surface area contributed by atoms with E-state index in [0.29, 0.717) is 24.5 Å². The van der Waals surface area contributed by atoms with Crippen LogP contribution in [0.15, 0.2) is 22.7 Å². The fourth-order valence-corrected chi connectivity index (χ4v) is 2.99. The highest BCUT2D eigenvalue weighted by Crippen LogP contribution is 2.31. The second kappa shape index (κ2) is 5.27. The van der Waals surface area contributed by atoms with E-state index in [0.717, 1.165) is 17.6 Å². The Morgan fingerprint density at radius 2 is 2.20 bits per heavy atom. The Kier molecular flexibility index (Phi) is 3.62. The number of fused-ring (bicyclic) bond motifs is 1. The summed E-state index contributed by atoms with van der Waals surface area (Å²) in [4.78, 5) is 27.8. The lowest BCUT2D eigenvalue weighted by atomic mass is 10.1. The van der Waals surface area contributed by atoms with Gasteiger partial charge in [0.1, 0.15) is 0 Å². The van der Waals surface area contributed by atoms with Crippen molar-refractivity contribution in [1.29, 1.82) is 0 Å². The summed E-state index contributed by atoms with van der Waals surface area (Å²) in [7, 11) is 0. The van der Waals surface area contributed by atoms with Crippen molar-refractivity contribution in [3.63, 3.8) is 0 Å². The minimum atomic E-state index is -0.447. The molecule has 3 rings (SSSR count). The number of nitrogens with zero attached hydrogens (tertiary/aromatic N) is 2. The van der Waals surface area contributed by atoms with Gasteiger partial charge in [0.2, 0.25) is 0 Å². The van der Waals surface area contributed by atoms with Crippen LogP contribution in [-0.4, -0.2) is 49.1 Å². The van der Waals surface area contributed by atoms with Crippen LogP contribution in [0.4, 0.5) is 5.69 Å². The summed E-state index contributed by atoms with van der Waals surface area (Å²) in [5, 5.41) is 0. The Hall–Kier alpha value is -1.24. The molecule has 0 radical (unpaired) electrons. The maximum absolute atomic E-state index is 12.1. The monoisotopic (exact) mass is 338 g/mol. The summed E-state index contributed by atoms with van der Waals surface area (Å²) in [6.45, 7) is 4.64. The fourth-order valence-electron chi connectivity index (χ4n) is 2.63. The van der Waals surface area contributed by atoms with Crippen LogP contribution in [0.2, 0.25) is 0 Å². The molecule has 0 spiro atoms. The van der Waals surface area contributed by atoms with Gasteiger partial charge in [0.25, 0.3) is 5.78 Å². The van der Waals surface area contributed by atoms with Crippen LogP contribution in [0.5, 0.6) is 0 Å². The number of hydrogen-bond donors (Lipinski definition) is 0. The molecule has 20 heavy (non-hydrogen) atoms. The number of amides is 1. The Balaban J connectivity index is 1.84. The van der Waals surface area contributed by atoms with E-state index < -0.39 is 11.7 Å². The zero-order valence-corrected chi connectivity index (χ0v) is 12.7. The van der Waals surface area contributed by atoms with E-state index in [2.05, 4.69) is 20.8 Å². The predicted octanol–water partition coefficient (Wildman–Crippen LogP) is 1.66. The summed E-state index contributed by atoms with van der Waals surface area (Å²) >= 11 is 3.33. The third-order valence-corrected chi connectivity index (χ3v) is 4.09. The van der Waals surface area contributed by atoms with Gasteiger partial charge >= 0.3 is 5.91 Å². The maximum atomic E-state index is 12.1. The average Bonchev–Trinajstić information content (AvgIpc) is 2.64. The van der Waals surface area contributed by atoms with Crippen molar-refractivity contribution >= 4 is 33.3 Å². The zero-order valence-electron chi connectivity index (χ0n) is 11.1. The fraction of sp³-hybridized carbons (Fsp3) is 0.429. The highest BCUT2D eigenvalue weighted by Gasteiger charge is 2.37. The number of ketones is 1. The number of morpholine rings is 1. The van der Waals surface area contributed by atoms with Crippen molar-refractivity contribution in [3.8, 4) is 0 Å². The topological polar surface area (TPSA) is 49.9 Å². The van der Waals surface area contributed by atoms with Crippen LogP contribution < -0.4 is 4.90 Å². The Bertz CT molecular complexity index is 576. The van der Waals surface area contributed by atoms with E-state index in [1.54, 1.807) is 11.0 Å². The normalized spacial score (nSPS) is 23.3. The average molecular weight is 339 g/mol. The number of anilines is 1. The number of carbonyl (C=O) groups excluding carboxylic acids is 2. The van der Waals surface area contributed by atoms with Gasteiger partial charge in [-0.3, -0.25) is 19.4 Å². The molecule has 1 aromatic carbocycles. The first-order valence-corrected chi connectivity index (χ1v) is 7.35. The van der Waals surface area contributed by atoms with Gasteiger partial charge in [0.15, 0.2) is 0 Å². The Morgan fingerprint density at radius 1 is 1.40 bits per heavy atom. The van der Waals surface area contributed by atoms with Crippen LogP contribution in [0, 0.1) is 0 Å². The number of halogens is 1. The molecule has 0 aliphatic carbocycles. The van der Waals surface area contributed by atoms with Gasteiger partial charge in [-0.2, -0.15) is 0 Å². The molecular weight excluding hydrogens is 324 g/mol. The Labute approximate surface area is 125 Å². The van der Waals surface area contributed by atoms with E-state index in [1.165, 1.54) is 0 Å². The summed E-state index contributed by atoms with van der Waals surface area (Å²) < 4.78 is 6.29. The van der Waals surface area contributed by atoms with Crippen molar-refractivity contribution in [2.75, 3.05) is 31.3 Å². The molecule has 2 heterocycles. The van der Waals surface area contributed by atoms with Crippen molar-refractivity contribution < 1.29 is 14.3 Å². The van der Waals surface area contributed by atoms with Crippen molar-refractivity contribution in [2.24, 2.45) is 0 Å². The van der Waals surface area contributed by atoms with Crippen LogP contribution in [0.3, 0.4) is 0 Å². The van der Waals surface area contributed by atoms with Gasteiger partial charge in [-0.25, -0.2) is 0 Å². The van der Waals surface area contributed by atoms with E-state index in [-0.39, 0.29) is 6.10 Å². The van der Waals surface area contributed by atoms with Crippen LogP contribution in [0.1, 0.15) is 17.3 Å². The third kappa shape index (κ3) is 2.39. The van der Waals surface area contributed by atoms with Crippen molar-refractivity contribution in [1.82, 2.24) is 4.90 Å². The number of hydrogen-bond acceptors (Lipinski definition) is 4. The molecule has 0 bridgehead atoms. The van der Waals surface area contributed by atoms with Gasteiger partial charge in [-0.15, -0.1) is 0 Å². The smallest absolute Gasteiger partial charge is 0.300 e. The molecule has 1 atom stereocenters. The molecule has 1 fully saturated rings. The van der Waals surface area contributed by atoms with Crippen molar-refractivity contribution in [2.45, 2.75) is 13.0 Å². The van der Waals surface area contributed by atoms with Crippen LogP contribution >= 0.6 is 15.9 Å². The molecule has 5 nitrogen and oxygen atoms in total. The van der Waals surface area contributed by atoms with Gasteiger partial charge in [-0.05, 0) is 25.1 Å². The highest BCUT2D eigenvalue weighted by molar-refractivity contribution is 9.10. The standard InChI is InChI=1S/C14H15BrN2O3/c1-9-7-16(4-5-20-9)8-17-12-3-2-10(15)6-11(12)13(18)14(17)19/h2-3,6,9H,4-5,7-8H2,1H3/t9-/m0/s1. The maximum Gasteiger partial charge on any atom is 0.300 e. The van der Waals surface area contributed by atoms with E-state index >= 15 is 0 Å². The number of Topliss-reactive ketones (excluding diaryl/α,β-unsaturated/α-hetero) is 1. The quantitative estimate of drug-likeness (QED) is 0.769. The predicted molar refractivity (Wildman–Crippen MR) is 77.8 cm³/mol. The second-order valence-electron chi connectivity index (χ2n) is 5.12. The minimum Gasteiger partial charge on any atom is -0.376 e. The number of ether oxygens (including phenoxy) is 1. The number of carbonyl (C=O) groups is 2. The largest absolute Gasteiger partial charge is 0.376 e. The molecular formula is C14H15BrN2O3. The summed E-state index contributed by atoms with van der Waals surface area (Å²) in [6, 6.07) is 5.36. The first-order chi connectivity index (χ1) is 9.56. The third-order valence-electron chi connectivity index (χ3n) is 3.60. The molecule has 106 valence electrons. The summed E-state index contributed by atoms with van der Waals surface area (Å²) in [6.07, 6.45) is 0.154. The number of rotatable bonds is 2. The molecule has 2 aliphatic heterocycles. The van der Waals surface area contributed by atoms with Gasteiger partial charge in [0, 0.05) is 17.6 Å². The first-order valence-electron chi connectivity index (χ1n) is 6.56. The lowest BCUT2D eigenvalue weighted by Gasteiger charge is -2.33. The molecule has 0 aromatic heterocycles. The summed E-state index contributed by atoms with van der Waals surface area (Å²) in [5.41, 5.74) is 1.17. The lowest BCUT2D eigenvalue weighted by Crippen LogP contribution is -2.48. The molecule has 1 amide bonds. The molecule has 6 heteroatoms. The molecule has 0 saturated carbocycles. The highest BCUT2D eigenvalue weighted by atomic mass is 79.9. The first kappa shape index (κ1) is 13.7. The second-order valence-corrected chi connectivity index (χ2v) is 6.04. The van der Waals surface area contributed by atoms with Crippen LogP contribution in [-0.2, 0) is 9.53 Å². The van der Waals surface area contributed by atoms with Gasteiger partial charge < -0.3 is 4.74 Å². The van der Waals surface area contributed by atoms with Crippen LogP contribution in [0.25, 0.3) is 0 Å². The van der Waals surface area contributed by atoms with Crippen molar-refractivity contribution in [3.05, 3.63) is 28.2 Å². The molecule has 2 aliphatic rings. The van der Waals surface area contributed by atoms with E-state index in [1.807, 2.05) is 19.1 Å². The SMILES string of the molecule is C[C@H]1CN(CN2C(=O)C(=O)c3cc(Br)ccc32)CCO1. The Morgan fingerprint density at radius 3 is 2.95 bits per heavy atom. The zero-order chi connectivity index (χ0) is 14.3. The molecule has 1 aromatic rings. The van der Waals surface area contributed by atoms with Gasteiger partial charge in [0.05, 0.1) is 30.6 Å². The molecule has 0 N–H and O–H groups in total. The number of benzene rings is 1. The van der Waals surface area contributed by atoms with Gasteiger partial charge in [-0.1, -0.05) is 15.9 Å². The minimum absolute atomic E-state index is 0.154. The molecule has 0 unspecified atom stereocenters. The van der Waals surface area contributed by atoms with E-state index in [4.69, 9.17) is 4.74 Å². The lowest BCUT2D eigenvalue weighted by molar-refractivity contribution is -0.115. The molecule has 1 saturated heterocycles. The van der Waals surface area contributed by atoms with E-state index in [9.17, 15) is 9.59 Å².